The summed E-state index contributed by atoms with van der Waals surface area (Å²) in [6, 6.07) is 5.27. The van der Waals surface area contributed by atoms with Crippen molar-refractivity contribution >= 4 is 5.69 Å². The van der Waals surface area contributed by atoms with Gasteiger partial charge in [-0.15, -0.1) is 0 Å². The van der Waals surface area contributed by atoms with Crippen molar-refractivity contribution in [2.24, 2.45) is 0 Å². The molecule has 1 rings (SSSR count). The predicted octanol–water partition coefficient (Wildman–Crippen LogP) is 0.823. The first kappa shape index (κ1) is 13.3. The zero-order valence-corrected chi connectivity index (χ0v) is 8.96. The fourth-order valence-electron chi connectivity index (χ4n) is 1.24. The number of nitrogens with zero attached hydrogens (tertiary/aromatic N) is 4. The van der Waals surface area contributed by atoms with Gasteiger partial charge in [0, 0.05) is 18.6 Å². The number of hydrogen-bond donors (Lipinski definition) is 0. The van der Waals surface area contributed by atoms with Gasteiger partial charge in [-0.1, -0.05) is 12.1 Å². The molecule has 0 aliphatic heterocycles. The normalized spacial score (nSPS) is 9.78. The van der Waals surface area contributed by atoms with Crippen LogP contribution in [-0.2, 0) is 6.42 Å². The molecule has 0 bridgehead atoms. The van der Waals surface area contributed by atoms with Crippen LogP contribution in [0.5, 0.6) is 0 Å². The molecule has 10 nitrogen and oxygen atoms in total. The SMILES string of the molecule is O=[N+]([O-])c1ccc(CCN([N+](=O)[O-])[N+](=O)[O-])cc1. The van der Waals surface area contributed by atoms with E-state index < -0.39 is 21.5 Å². The van der Waals surface area contributed by atoms with Gasteiger partial charge in [0.2, 0.25) is 10.1 Å². The van der Waals surface area contributed by atoms with Gasteiger partial charge in [0.15, 0.2) is 11.7 Å². The third-order valence-corrected chi connectivity index (χ3v) is 2.12. The van der Waals surface area contributed by atoms with Gasteiger partial charge in [-0.2, -0.15) is 0 Å². The number of nitro benzene ring substituents is 1. The van der Waals surface area contributed by atoms with Crippen molar-refractivity contribution in [2.75, 3.05) is 6.54 Å². The molecule has 1 aromatic rings. The Balaban J connectivity index is 2.65. The highest BCUT2D eigenvalue weighted by Gasteiger charge is 2.26. The zero-order chi connectivity index (χ0) is 13.7. The number of hydrogen-bond acceptors (Lipinski definition) is 6. The molecule has 0 saturated carbocycles. The van der Waals surface area contributed by atoms with Gasteiger partial charge >= 0.3 is 0 Å². The topological polar surface area (TPSA) is 133 Å². The van der Waals surface area contributed by atoms with E-state index in [9.17, 15) is 30.3 Å². The molecule has 0 amide bonds. The molecular formula is C8H8N4O6. The first-order valence-electron chi connectivity index (χ1n) is 4.71. The molecule has 0 N–H and O–H groups in total. The maximum atomic E-state index is 10.4. The Labute approximate surface area is 99.8 Å². The molecule has 0 heterocycles. The van der Waals surface area contributed by atoms with Crippen LogP contribution in [0.25, 0.3) is 0 Å². The van der Waals surface area contributed by atoms with Crippen molar-refractivity contribution in [3.8, 4) is 0 Å². The van der Waals surface area contributed by atoms with E-state index in [4.69, 9.17) is 0 Å². The lowest BCUT2D eigenvalue weighted by Gasteiger charge is -2.03. The van der Waals surface area contributed by atoms with Crippen LogP contribution in [0.4, 0.5) is 5.69 Å². The van der Waals surface area contributed by atoms with E-state index in [-0.39, 0.29) is 17.2 Å². The summed E-state index contributed by atoms with van der Waals surface area (Å²) < 4.78 is 0. The number of nitro groups is 3. The Morgan fingerprint density at radius 3 is 1.83 bits per heavy atom. The fraction of sp³-hybridized carbons (Fsp3) is 0.250. The van der Waals surface area contributed by atoms with Gasteiger partial charge in [0.25, 0.3) is 5.69 Å². The smallest absolute Gasteiger partial charge is 0.258 e. The lowest BCUT2D eigenvalue weighted by Crippen LogP contribution is -2.37. The summed E-state index contributed by atoms with van der Waals surface area (Å²) in [7, 11) is 0. The van der Waals surface area contributed by atoms with Gasteiger partial charge in [-0.3, -0.25) is 10.1 Å². The van der Waals surface area contributed by atoms with E-state index in [1.807, 2.05) is 0 Å². The van der Waals surface area contributed by atoms with Crippen molar-refractivity contribution in [1.29, 1.82) is 0 Å². The summed E-state index contributed by atoms with van der Waals surface area (Å²) in [5.74, 6) is 0. The molecule has 0 aliphatic carbocycles. The van der Waals surface area contributed by atoms with E-state index in [1.54, 1.807) is 0 Å². The standard InChI is InChI=1S/C8H8N4O6/c13-10(14)8-3-1-7(2-4-8)5-6-9(11(15)16)12(17)18/h1-4H,5-6H2. The molecule has 0 radical (unpaired) electrons. The molecule has 96 valence electrons. The van der Waals surface area contributed by atoms with Crippen LogP contribution in [0.2, 0.25) is 0 Å². The molecule has 10 heteroatoms. The second-order valence-electron chi connectivity index (χ2n) is 3.25. The average Bonchev–Trinajstić information content (AvgIpc) is 2.28. The molecular weight excluding hydrogens is 248 g/mol. The van der Waals surface area contributed by atoms with Gasteiger partial charge in [0.1, 0.15) is 0 Å². The quantitative estimate of drug-likeness (QED) is 0.543. The number of rotatable bonds is 6. The molecule has 0 aromatic heterocycles. The summed E-state index contributed by atoms with van der Waals surface area (Å²) in [5, 5.41) is 28.6. The third-order valence-electron chi connectivity index (χ3n) is 2.12. The number of benzene rings is 1. The molecule has 0 spiro atoms. The molecule has 0 fully saturated rings. The lowest BCUT2D eigenvalue weighted by atomic mass is 10.1. The maximum Gasteiger partial charge on any atom is 0.269 e. The third kappa shape index (κ3) is 3.37. The summed E-state index contributed by atoms with van der Waals surface area (Å²) in [6.45, 7) is -0.419. The van der Waals surface area contributed by atoms with Gasteiger partial charge in [-0.05, 0) is 5.56 Å². The highest BCUT2D eigenvalue weighted by atomic mass is 16.8. The van der Waals surface area contributed by atoms with Gasteiger partial charge in [-0.25, -0.2) is 20.2 Å². The van der Waals surface area contributed by atoms with Crippen molar-refractivity contribution in [3.05, 3.63) is 60.2 Å². The minimum atomic E-state index is -1.12. The Bertz CT molecular complexity index is 459. The summed E-state index contributed by atoms with van der Waals surface area (Å²) in [4.78, 5) is 30.4. The zero-order valence-electron chi connectivity index (χ0n) is 8.96. The van der Waals surface area contributed by atoms with Crippen LogP contribution in [0.15, 0.2) is 24.3 Å². The number of non-ortho nitro benzene ring substituents is 1. The van der Waals surface area contributed by atoms with Gasteiger partial charge in [0.05, 0.1) is 4.92 Å². The van der Waals surface area contributed by atoms with E-state index >= 15 is 0 Å². The van der Waals surface area contributed by atoms with Crippen LogP contribution in [0.3, 0.4) is 0 Å². The van der Waals surface area contributed by atoms with Crippen LogP contribution in [-0.4, -0.2) is 26.7 Å². The largest absolute Gasteiger partial charge is 0.269 e. The first-order chi connectivity index (χ1) is 8.41. The Morgan fingerprint density at radius 2 is 1.44 bits per heavy atom. The van der Waals surface area contributed by atoms with Crippen LogP contribution < -0.4 is 0 Å². The first-order valence-corrected chi connectivity index (χ1v) is 4.71. The van der Waals surface area contributed by atoms with Crippen molar-refractivity contribution in [1.82, 2.24) is 5.12 Å². The Kier molecular flexibility index (Phi) is 4.07. The van der Waals surface area contributed by atoms with E-state index in [0.717, 1.165) is 0 Å². The number of hydrazine groups is 2. The molecule has 0 unspecified atom stereocenters. The minimum Gasteiger partial charge on any atom is -0.258 e. The second kappa shape index (κ2) is 5.52. The lowest BCUT2D eigenvalue weighted by molar-refractivity contribution is -0.907. The highest BCUT2D eigenvalue weighted by molar-refractivity contribution is 5.32. The van der Waals surface area contributed by atoms with Crippen molar-refractivity contribution in [3.63, 3.8) is 0 Å². The van der Waals surface area contributed by atoms with Crippen molar-refractivity contribution in [2.45, 2.75) is 6.42 Å². The summed E-state index contributed by atoms with van der Waals surface area (Å²) in [5.41, 5.74) is 0.424. The van der Waals surface area contributed by atoms with Crippen molar-refractivity contribution < 1.29 is 15.0 Å². The molecule has 0 aliphatic rings. The van der Waals surface area contributed by atoms with Crippen LogP contribution in [0, 0.1) is 30.3 Å². The predicted molar refractivity (Wildman–Crippen MR) is 57.5 cm³/mol. The fourth-order valence-corrected chi connectivity index (χ4v) is 1.24. The summed E-state index contributed by atoms with van der Waals surface area (Å²) >= 11 is 0. The van der Waals surface area contributed by atoms with E-state index in [1.165, 1.54) is 24.3 Å². The van der Waals surface area contributed by atoms with E-state index in [0.29, 0.717) is 5.56 Å². The molecule has 0 saturated heterocycles. The highest BCUT2D eigenvalue weighted by Crippen LogP contribution is 2.12. The average molecular weight is 256 g/mol. The molecule has 1 aromatic carbocycles. The Morgan fingerprint density at radius 1 is 0.944 bits per heavy atom. The monoisotopic (exact) mass is 256 g/mol. The molecule has 18 heavy (non-hydrogen) atoms. The van der Waals surface area contributed by atoms with Crippen LogP contribution in [0.1, 0.15) is 5.56 Å². The minimum absolute atomic E-state index is 0.0416. The maximum absolute atomic E-state index is 10.4. The Hall–Kier alpha value is -2.78. The van der Waals surface area contributed by atoms with E-state index in [2.05, 4.69) is 0 Å². The second-order valence-corrected chi connectivity index (χ2v) is 3.25. The summed E-state index contributed by atoms with van der Waals surface area (Å²) in [6.07, 6.45) is 0.0416. The van der Waals surface area contributed by atoms with Crippen LogP contribution >= 0.6 is 0 Å². The molecule has 0 atom stereocenters. The van der Waals surface area contributed by atoms with Gasteiger partial charge < -0.3 is 0 Å².